The predicted octanol–water partition coefficient (Wildman–Crippen LogP) is 7.67. The molecule has 0 saturated carbocycles. The van der Waals surface area contributed by atoms with Crippen molar-refractivity contribution in [1.29, 1.82) is 0 Å². The van der Waals surface area contributed by atoms with E-state index in [0.717, 1.165) is 61.6 Å². The molecule has 7 heteroatoms. The molecule has 0 saturated heterocycles. The maximum atomic E-state index is 14.6. The number of carbonyl (C=O) groups excluding carboxylic acids is 3. The lowest BCUT2D eigenvalue weighted by molar-refractivity contribution is -0.142. The van der Waals surface area contributed by atoms with Crippen LogP contribution in [0.25, 0.3) is 0 Å². The minimum absolute atomic E-state index is 0.0324. The Hall–Kier alpha value is -3.35. The Morgan fingerprint density at radius 2 is 1.47 bits per heavy atom. The maximum absolute atomic E-state index is 14.6. The zero-order valence-corrected chi connectivity index (χ0v) is 27.6. The average Bonchev–Trinajstić information content (AvgIpc) is 2.94. The Morgan fingerprint density at radius 1 is 0.837 bits per heavy atom. The minimum Gasteiger partial charge on any atom is -0.444 e. The second-order valence-corrected chi connectivity index (χ2v) is 12.6. The van der Waals surface area contributed by atoms with Gasteiger partial charge in [-0.2, -0.15) is 0 Å². The lowest BCUT2D eigenvalue weighted by Crippen LogP contribution is -2.54. The normalized spacial score (nSPS) is 13.5. The van der Waals surface area contributed by atoms with Gasteiger partial charge in [0.1, 0.15) is 17.7 Å². The van der Waals surface area contributed by atoms with Crippen LogP contribution in [0.1, 0.15) is 116 Å². The van der Waals surface area contributed by atoms with Gasteiger partial charge < -0.3 is 20.3 Å². The number of nitrogens with one attached hydrogen (secondary N) is 2. The van der Waals surface area contributed by atoms with Gasteiger partial charge in [-0.05, 0) is 64.2 Å². The molecule has 7 nitrogen and oxygen atoms in total. The third kappa shape index (κ3) is 12.8. The van der Waals surface area contributed by atoms with Crippen LogP contribution in [0.2, 0.25) is 0 Å². The van der Waals surface area contributed by atoms with Crippen molar-refractivity contribution >= 4 is 17.9 Å². The monoisotopic (exact) mass is 593 g/mol. The third-order valence-corrected chi connectivity index (χ3v) is 7.46. The summed E-state index contributed by atoms with van der Waals surface area (Å²) in [5, 5.41) is 6.03. The Morgan fingerprint density at radius 3 is 2.09 bits per heavy atom. The van der Waals surface area contributed by atoms with E-state index in [1.807, 2.05) is 68.4 Å². The van der Waals surface area contributed by atoms with Crippen LogP contribution in [0.15, 0.2) is 54.6 Å². The summed E-state index contributed by atoms with van der Waals surface area (Å²) in [7, 11) is 0. The van der Waals surface area contributed by atoms with Gasteiger partial charge in [0.2, 0.25) is 11.8 Å². The average molecular weight is 594 g/mol. The summed E-state index contributed by atoms with van der Waals surface area (Å²) < 4.78 is 5.56. The smallest absolute Gasteiger partial charge is 0.408 e. The number of ether oxygens (including phenoxy) is 1. The third-order valence-electron chi connectivity index (χ3n) is 7.46. The zero-order chi connectivity index (χ0) is 31.8. The van der Waals surface area contributed by atoms with Crippen LogP contribution in [-0.2, 0) is 20.7 Å². The first-order valence-electron chi connectivity index (χ1n) is 16.2. The summed E-state index contributed by atoms with van der Waals surface area (Å²) in [5.74, 6) is -0.500. The van der Waals surface area contributed by atoms with Crippen molar-refractivity contribution in [2.45, 2.75) is 130 Å². The maximum Gasteiger partial charge on any atom is 0.408 e. The molecule has 0 aliphatic carbocycles. The number of hydrogen-bond donors (Lipinski definition) is 2. The quantitative estimate of drug-likeness (QED) is 0.184. The van der Waals surface area contributed by atoms with Crippen molar-refractivity contribution < 1.29 is 19.1 Å². The molecular weight excluding hydrogens is 538 g/mol. The summed E-state index contributed by atoms with van der Waals surface area (Å²) in [6, 6.07) is 15.6. The highest BCUT2D eigenvalue weighted by Gasteiger charge is 2.37. The van der Waals surface area contributed by atoms with E-state index >= 15 is 0 Å². The summed E-state index contributed by atoms with van der Waals surface area (Å²) in [4.78, 5) is 43.4. The van der Waals surface area contributed by atoms with Crippen molar-refractivity contribution in [3.63, 3.8) is 0 Å². The van der Waals surface area contributed by atoms with E-state index in [1.165, 1.54) is 6.42 Å². The van der Waals surface area contributed by atoms with Gasteiger partial charge in [-0.3, -0.25) is 9.59 Å². The molecule has 3 unspecified atom stereocenters. The van der Waals surface area contributed by atoms with Gasteiger partial charge in [-0.1, -0.05) is 107 Å². The molecule has 0 radical (unpaired) electrons. The Labute approximate surface area is 260 Å². The van der Waals surface area contributed by atoms with Crippen molar-refractivity contribution in [3.8, 4) is 0 Å². The molecule has 0 heterocycles. The second kappa shape index (κ2) is 18.3. The van der Waals surface area contributed by atoms with E-state index in [0.29, 0.717) is 6.54 Å². The molecule has 0 aromatic heterocycles. The van der Waals surface area contributed by atoms with Gasteiger partial charge in [-0.15, -0.1) is 0 Å². The lowest BCUT2D eigenvalue weighted by Gasteiger charge is -2.36. The van der Waals surface area contributed by atoms with Crippen LogP contribution in [-0.4, -0.2) is 47.0 Å². The molecule has 3 atom stereocenters. The molecule has 0 aliphatic rings. The first-order chi connectivity index (χ1) is 20.5. The van der Waals surface area contributed by atoms with E-state index in [2.05, 4.69) is 24.5 Å². The van der Waals surface area contributed by atoms with Crippen LogP contribution >= 0.6 is 0 Å². The molecule has 3 amide bonds. The molecule has 0 spiro atoms. The molecule has 2 aromatic rings. The number of alkyl carbamates (subject to hydrolysis) is 1. The topological polar surface area (TPSA) is 87.7 Å². The zero-order valence-electron chi connectivity index (χ0n) is 27.6. The summed E-state index contributed by atoms with van der Waals surface area (Å²) in [6.45, 7) is 14.0. The van der Waals surface area contributed by atoms with Crippen molar-refractivity contribution in [2.24, 2.45) is 0 Å². The number of unbranched alkanes of at least 4 members (excludes halogenated alkanes) is 5. The number of carbonyl (C=O) groups is 3. The first kappa shape index (κ1) is 35.8. The van der Waals surface area contributed by atoms with Gasteiger partial charge in [0.05, 0.1) is 0 Å². The van der Waals surface area contributed by atoms with E-state index in [9.17, 15) is 14.4 Å². The number of aryl methyl sites for hydroxylation is 1. The number of hydrogen-bond acceptors (Lipinski definition) is 4. The van der Waals surface area contributed by atoms with Crippen LogP contribution in [0.4, 0.5) is 4.79 Å². The van der Waals surface area contributed by atoms with E-state index < -0.39 is 23.8 Å². The highest BCUT2D eigenvalue weighted by atomic mass is 16.6. The van der Waals surface area contributed by atoms with Crippen LogP contribution in [0, 0.1) is 6.92 Å². The molecule has 43 heavy (non-hydrogen) atoms. The number of rotatable bonds is 17. The fourth-order valence-electron chi connectivity index (χ4n) is 5.30. The van der Waals surface area contributed by atoms with Gasteiger partial charge in [0, 0.05) is 19.0 Å². The van der Waals surface area contributed by atoms with Crippen LogP contribution < -0.4 is 10.6 Å². The highest BCUT2D eigenvalue weighted by molar-refractivity contribution is 5.92. The molecule has 238 valence electrons. The Bertz CT molecular complexity index is 1130. The van der Waals surface area contributed by atoms with Crippen molar-refractivity contribution in [1.82, 2.24) is 15.5 Å². The predicted molar refractivity (Wildman–Crippen MR) is 175 cm³/mol. The van der Waals surface area contributed by atoms with Gasteiger partial charge in [-0.25, -0.2) is 4.79 Å². The molecule has 2 N–H and O–H groups in total. The summed E-state index contributed by atoms with van der Waals surface area (Å²) in [6.07, 6.45) is 7.70. The minimum atomic E-state index is -0.912. The van der Waals surface area contributed by atoms with E-state index in [4.69, 9.17) is 4.74 Å². The number of amides is 3. The number of benzene rings is 2. The Kier molecular flexibility index (Phi) is 15.3. The lowest BCUT2D eigenvalue weighted by atomic mass is 9.96. The van der Waals surface area contributed by atoms with E-state index in [1.54, 1.807) is 25.7 Å². The van der Waals surface area contributed by atoms with Gasteiger partial charge in [0.25, 0.3) is 0 Å². The summed E-state index contributed by atoms with van der Waals surface area (Å²) >= 11 is 0. The molecule has 2 rings (SSSR count). The SMILES string of the molecule is CCCCCCCCN(C(=O)C(Cc1ccccc1)NC(=O)OC(C)(C)C)C(C(=O)NC(C)CCC)c1ccccc1C. The number of nitrogens with zero attached hydrogens (tertiary/aromatic N) is 1. The summed E-state index contributed by atoms with van der Waals surface area (Å²) in [5.41, 5.74) is 1.91. The fraction of sp³-hybridized carbons (Fsp3) is 0.583. The van der Waals surface area contributed by atoms with Gasteiger partial charge >= 0.3 is 6.09 Å². The highest BCUT2D eigenvalue weighted by Crippen LogP contribution is 2.27. The fourth-order valence-corrected chi connectivity index (χ4v) is 5.30. The van der Waals surface area contributed by atoms with Crippen molar-refractivity contribution in [2.75, 3.05) is 6.54 Å². The van der Waals surface area contributed by atoms with E-state index in [-0.39, 0.29) is 24.3 Å². The molecule has 0 fully saturated rings. The molecule has 2 aromatic carbocycles. The standard InChI is InChI=1S/C36H55N3O4/c1-8-10-11-12-13-19-25-39(32(30-24-18-17-21-27(30)3)33(40)37-28(4)20-9-2)34(41)31(26-29-22-15-14-16-23-29)38-35(42)43-36(5,6)7/h14-18,21-24,28,31-32H,8-13,19-20,25-26H2,1-7H3,(H,37,40)(H,38,42). The van der Waals surface area contributed by atoms with Gasteiger partial charge in [0.15, 0.2) is 0 Å². The molecule has 0 aliphatic heterocycles. The largest absolute Gasteiger partial charge is 0.444 e. The first-order valence-corrected chi connectivity index (χ1v) is 16.2. The van der Waals surface area contributed by atoms with Crippen LogP contribution in [0.5, 0.6) is 0 Å². The Balaban J connectivity index is 2.54. The van der Waals surface area contributed by atoms with Crippen LogP contribution in [0.3, 0.4) is 0 Å². The molecular formula is C36H55N3O4. The molecule has 0 bridgehead atoms. The second-order valence-electron chi connectivity index (χ2n) is 12.6. The van der Waals surface area contributed by atoms with Crippen molar-refractivity contribution in [3.05, 3.63) is 71.3 Å².